The number of phenols is 1. The highest BCUT2D eigenvalue weighted by Crippen LogP contribution is 2.21. The lowest BCUT2D eigenvalue weighted by Crippen LogP contribution is -2.15. The van der Waals surface area contributed by atoms with E-state index in [1.54, 1.807) is 6.20 Å². The Hall–Kier alpha value is -3.35. The maximum Gasteiger partial charge on any atom is 0.339 e. The number of aromatic nitrogens is 2. The molecule has 3 rings (SSSR count). The van der Waals surface area contributed by atoms with Gasteiger partial charge in [0.2, 0.25) is 5.91 Å². The highest BCUT2D eigenvalue weighted by molar-refractivity contribution is 5.96. The van der Waals surface area contributed by atoms with Crippen molar-refractivity contribution in [1.29, 1.82) is 0 Å². The third-order valence-corrected chi connectivity index (χ3v) is 3.52. The van der Waals surface area contributed by atoms with Gasteiger partial charge in [-0.1, -0.05) is 0 Å². The van der Waals surface area contributed by atoms with E-state index < -0.39 is 5.97 Å². The van der Waals surface area contributed by atoms with Crippen molar-refractivity contribution in [3.63, 3.8) is 0 Å². The van der Waals surface area contributed by atoms with Crippen LogP contribution in [0.2, 0.25) is 0 Å². The SMILES string of the molecule is Cc1ccn2cc(CC(=O)Nc3ccc(O)c(C(=O)O)c3)nc2c1. The number of anilines is 1. The zero-order valence-electron chi connectivity index (χ0n) is 12.9. The second-order valence-electron chi connectivity index (χ2n) is 5.46. The Kier molecular flexibility index (Phi) is 3.91. The second-order valence-corrected chi connectivity index (χ2v) is 5.46. The molecule has 7 heteroatoms. The molecule has 0 aliphatic rings. The predicted molar refractivity (Wildman–Crippen MR) is 87.3 cm³/mol. The molecule has 0 aliphatic carbocycles. The van der Waals surface area contributed by atoms with E-state index in [0.717, 1.165) is 11.2 Å². The van der Waals surface area contributed by atoms with Gasteiger partial charge in [0.1, 0.15) is 17.0 Å². The van der Waals surface area contributed by atoms with Crippen LogP contribution in [0.1, 0.15) is 21.6 Å². The molecule has 1 aromatic carbocycles. The van der Waals surface area contributed by atoms with E-state index >= 15 is 0 Å². The molecule has 0 bridgehead atoms. The summed E-state index contributed by atoms with van der Waals surface area (Å²) in [6, 6.07) is 7.74. The Morgan fingerprint density at radius 2 is 2.04 bits per heavy atom. The number of hydrogen-bond acceptors (Lipinski definition) is 4. The van der Waals surface area contributed by atoms with Crippen LogP contribution in [0.4, 0.5) is 5.69 Å². The molecule has 0 spiro atoms. The number of nitrogens with one attached hydrogen (secondary N) is 1. The monoisotopic (exact) mass is 325 g/mol. The van der Waals surface area contributed by atoms with Gasteiger partial charge in [0, 0.05) is 18.1 Å². The third kappa shape index (κ3) is 3.19. The van der Waals surface area contributed by atoms with Crippen molar-refractivity contribution in [2.45, 2.75) is 13.3 Å². The molecule has 0 saturated heterocycles. The van der Waals surface area contributed by atoms with Gasteiger partial charge in [-0.2, -0.15) is 0 Å². The first kappa shape index (κ1) is 15.5. The average molecular weight is 325 g/mol. The van der Waals surface area contributed by atoms with Crippen molar-refractivity contribution in [2.24, 2.45) is 0 Å². The number of hydrogen-bond donors (Lipinski definition) is 3. The van der Waals surface area contributed by atoms with E-state index in [1.165, 1.54) is 18.2 Å². The van der Waals surface area contributed by atoms with Crippen LogP contribution in [0.5, 0.6) is 5.75 Å². The average Bonchev–Trinajstić information content (AvgIpc) is 2.90. The van der Waals surface area contributed by atoms with E-state index in [1.807, 2.05) is 29.7 Å². The second kappa shape index (κ2) is 6.04. The molecule has 0 fully saturated rings. The highest BCUT2D eigenvalue weighted by Gasteiger charge is 2.13. The largest absolute Gasteiger partial charge is 0.507 e. The Morgan fingerprint density at radius 1 is 1.25 bits per heavy atom. The predicted octanol–water partition coefficient (Wildman–Crippen LogP) is 2.23. The van der Waals surface area contributed by atoms with Crippen LogP contribution >= 0.6 is 0 Å². The Balaban J connectivity index is 1.75. The molecule has 3 aromatic rings. The molecule has 0 atom stereocenters. The molecule has 0 radical (unpaired) electrons. The van der Waals surface area contributed by atoms with Gasteiger partial charge in [-0.05, 0) is 42.8 Å². The molecule has 0 unspecified atom stereocenters. The van der Waals surface area contributed by atoms with Gasteiger partial charge in [-0.15, -0.1) is 0 Å². The van der Waals surface area contributed by atoms with Gasteiger partial charge in [0.05, 0.1) is 12.1 Å². The van der Waals surface area contributed by atoms with Crippen LogP contribution < -0.4 is 5.32 Å². The number of aryl methyl sites for hydroxylation is 1. The van der Waals surface area contributed by atoms with Crippen molar-refractivity contribution >= 4 is 23.2 Å². The van der Waals surface area contributed by atoms with Crippen LogP contribution in [-0.2, 0) is 11.2 Å². The van der Waals surface area contributed by atoms with Crippen molar-refractivity contribution in [3.05, 3.63) is 59.5 Å². The van der Waals surface area contributed by atoms with Crippen LogP contribution in [0, 0.1) is 6.92 Å². The molecule has 0 saturated carbocycles. The summed E-state index contributed by atoms with van der Waals surface area (Å²) in [5, 5.41) is 21.1. The van der Waals surface area contributed by atoms with Crippen LogP contribution in [0.3, 0.4) is 0 Å². The number of imidazole rings is 1. The molecule has 122 valence electrons. The normalized spacial score (nSPS) is 10.7. The first-order chi connectivity index (χ1) is 11.4. The third-order valence-electron chi connectivity index (χ3n) is 3.52. The fraction of sp³-hybridized carbons (Fsp3) is 0.118. The summed E-state index contributed by atoms with van der Waals surface area (Å²) in [7, 11) is 0. The summed E-state index contributed by atoms with van der Waals surface area (Å²) in [6.45, 7) is 1.96. The molecule has 2 heterocycles. The number of benzene rings is 1. The summed E-state index contributed by atoms with van der Waals surface area (Å²) in [5.41, 5.74) is 2.48. The summed E-state index contributed by atoms with van der Waals surface area (Å²) >= 11 is 0. The van der Waals surface area contributed by atoms with Crippen LogP contribution in [-0.4, -0.2) is 31.5 Å². The lowest BCUT2D eigenvalue weighted by atomic mass is 10.1. The van der Waals surface area contributed by atoms with Gasteiger partial charge in [-0.3, -0.25) is 4.79 Å². The molecule has 0 aliphatic heterocycles. The zero-order valence-corrected chi connectivity index (χ0v) is 12.9. The summed E-state index contributed by atoms with van der Waals surface area (Å²) < 4.78 is 1.83. The van der Waals surface area contributed by atoms with Crippen molar-refractivity contribution in [3.8, 4) is 5.75 Å². The van der Waals surface area contributed by atoms with E-state index in [2.05, 4.69) is 10.3 Å². The number of carbonyl (C=O) groups excluding carboxylic acids is 1. The molecular weight excluding hydrogens is 310 g/mol. The van der Waals surface area contributed by atoms with Crippen molar-refractivity contribution in [1.82, 2.24) is 9.38 Å². The number of fused-ring (bicyclic) bond motifs is 1. The molecule has 24 heavy (non-hydrogen) atoms. The van der Waals surface area contributed by atoms with Crippen molar-refractivity contribution in [2.75, 3.05) is 5.32 Å². The van der Waals surface area contributed by atoms with Crippen molar-refractivity contribution < 1.29 is 19.8 Å². The first-order valence-electron chi connectivity index (χ1n) is 7.23. The number of carboxylic acids is 1. The zero-order chi connectivity index (χ0) is 17.3. The van der Waals surface area contributed by atoms with Gasteiger partial charge < -0.3 is 19.9 Å². The lowest BCUT2D eigenvalue weighted by Gasteiger charge is -2.06. The topological polar surface area (TPSA) is 104 Å². The van der Waals surface area contributed by atoms with Gasteiger partial charge >= 0.3 is 5.97 Å². The number of carboxylic acid groups (broad SMARTS) is 1. The Labute approximate surface area is 137 Å². The standard InChI is InChI=1S/C17H15N3O4/c1-10-4-5-20-9-12(18-15(20)6-10)8-16(22)19-11-2-3-14(21)13(7-11)17(23)24/h2-7,9,21H,8H2,1H3,(H,19,22)(H,23,24). The number of nitrogens with zero attached hydrogens (tertiary/aromatic N) is 2. The molecule has 2 aromatic heterocycles. The first-order valence-corrected chi connectivity index (χ1v) is 7.23. The quantitative estimate of drug-likeness (QED) is 0.638. The number of aromatic hydroxyl groups is 1. The molecule has 7 nitrogen and oxygen atoms in total. The molecule has 1 amide bonds. The van der Waals surface area contributed by atoms with Crippen LogP contribution in [0.25, 0.3) is 5.65 Å². The number of carbonyl (C=O) groups is 2. The van der Waals surface area contributed by atoms with E-state index in [4.69, 9.17) is 5.11 Å². The Bertz CT molecular complexity index is 946. The maximum atomic E-state index is 12.1. The summed E-state index contributed by atoms with van der Waals surface area (Å²) in [6.07, 6.45) is 3.70. The summed E-state index contributed by atoms with van der Waals surface area (Å²) in [4.78, 5) is 27.5. The van der Waals surface area contributed by atoms with E-state index in [-0.39, 0.29) is 23.6 Å². The van der Waals surface area contributed by atoms with Gasteiger partial charge in [0.15, 0.2) is 0 Å². The number of rotatable bonds is 4. The number of aromatic carboxylic acids is 1. The number of pyridine rings is 1. The van der Waals surface area contributed by atoms with E-state index in [9.17, 15) is 14.7 Å². The molecular formula is C17H15N3O4. The Morgan fingerprint density at radius 3 is 2.79 bits per heavy atom. The van der Waals surface area contributed by atoms with Gasteiger partial charge in [0.25, 0.3) is 0 Å². The van der Waals surface area contributed by atoms with Gasteiger partial charge in [-0.25, -0.2) is 9.78 Å². The minimum atomic E-state index is -1.26. The summed E-state index contributed by atoms with van der Waals surface area (Å²) in [5.74, 6) is -1.94. The lowest BCUT2D eigenvalue weighted by molar-refractivity contribution is -0.115. The molecule has 3 N–H and O–H groups in total. The van der Waals surface area contributed by atoms with Crippen LogP contribution in [0.15, 0.2) is 42.7 Å². The fourth-order valence-corrected chi connectivity index (χ4v) is 2.38. The maximum absolute atomic E-state index is 12.1. The highest BCUT2D eigenvalue weighted by atomic mass is 16.4. The number of amides is 1. The smallest absolute Gasteiger partial charge is 0.339 e. The minimum Gasteiger partial charge on any atom is -0.507 e. The van der Waals surface area contributed by atoms with E-state index in [0.29, 0.717) is 11.4 Å². The fourth-order valence-electron chi connectivity index (χ4n) is 2.38. The minimum absolute atomic E-state index is 0.0595.